The maximum absolute atomic E-state index is 9.03. The summed E-state index contributed by atoms with van der Waals surface area (Å²) in [6, 6.07) is 0. The molecule has 1 heteroatoms. The number of rotatable bonds is 7. The Morgan fingerprint density at radius 2 is 1.71 bits per heavy atom. The molecule has 14 heavy (non-hydrogen) atoms. The molecule has 0 rings (SSSR count). The second kappa shape index (κ2) is 8.05. The van der Waals surface area contributed by atoms with E-state index in [1.807, 2.05) is 6.08 Å². The quantitative estimate of drug-likeness (QED) is 0.617. The average Bonchev–Trinajstić information content (AvgIpc) is 2.02. The molecular formula is C13H26O. The molecule has 0 aromatic heterocycles. The third-order valence-corrected chi connectivity index (χ3v) is 2.43. The van der Waals surface area contributed by atoms with Crippen molar-refractivity contribution in [3.8, 4) is 0 Å². The Bertz CT molecular complexity index is 147. The second-order valence-corrected chi connectivity index (χ2v) is 4.83. The summed E-state index contributed by atoms with van der Waals surface area (Å²) in [5.41, 5.74) is 0. The van der Waals surface area contributed by atoms with Crippen molar-refractivity contribution in [3.63, 3.8) is 0 Å². The van der Waals surface area contributed by atoms with Gasteiger partial charge in [-0.15, -0.1) is 0 Å². The Kier molecular flexibility index (Phi) is 7.87. The third-order valence-electron chi connectivity index (χ3n) is 2.43. The molecule has 0 fully saturated rings. The highest BCUT2D eigenvalue weighted by Crippen LogP contribution is 2.15. The lowest BCUT2D eigenvalue weighted by molar-refractivity contribution is 0.243. The van der Waals surface area contributed by atoms with Gasteiger partial charge in [0.15, 0.2) is 0 Å². The zero-order valence-corrected chi connectivity index (χ0v) is 10.2. The first-order chi connectivity index (χ1) is 6.52. The van der Waals surface area contributed by atoms with Gasteiger partial charge in [-0.1, -0.05) is 52.2 Å². The predicted molar refractivity (Wildman–Crippen MR) is 63.3 cm³/mol. The summed E-state index contributed by atoms with van der Waals surface area (Å²) >= 11 is 0. The zero-order chi connectivity index (χ0) is 11.0. The van der Waals surface area contributed by atoms with Crippen molar-refractivity contribution in [1.82, 2.24) is 0 Å². The Balaban J connectivity index is 3.41. The molecule has 0 saturated heterocycles. The molecular weight excluding hydrogens is 172 g/mol. The second-order valence-electron chi connectivity index (χ2n) is 4.83. The third kappa shape index (κ3) is 9.79. The Labute approximate surface area is 89.2 Å². The van der Waals surface area contributed by atoms with Crippen LogP contribution in [0, 0.1) is 11.8 Å². The van der Waals surface area contributed by atoms with E-state index < -0.39 is 0 Å². The highest BCUT2D eigenvalue weighted by Gasteiger charge is 2.01. The minimum absolute atomic E-state index is 0.294. The average molecular weight is 198 g/mol. The van der Waals surface area contributed by atoms with Crippen LogP contribution in [0.1, 0.15) is 53.4 Å². The van der Waals surface area contributed by atoms with Gasteiger partial charge in [0.25, 0.3) is 0 Å². The van der Waals surface area contributed by atoms with E-state index in [9.17, 15) is 0 Å². The highest BCUT2D eigenvalue weighted by atomic mass is 16.3. The summed E-state index contributed by atoms with van der Waals surface area (Å²) in [7, 11) is 0. The van der Waals surface area contributed by atoms with E-state index in [1.54, 1.807) is 6.92 Å². The lowest BCUT2D eigenvalue weighted by atomic mass is 9.97. The Morgan fingerprint density at radius 3 is 2.21 bits per heavy atom. The molecule has 1 nitrogen and oxygen atoms in total. The van der Waals surface area contributed by atoms with Crippen molar-refractivity contribution in [2.75, 3.05) is 0 Å². The normalized spacial score (nSPS) is 16.4. The van der Waals surface area contributed by atoms with Crippen LogP contribution in [0.3, 0.4) is 0 Å². The van der Waals surface area contributed by atoms with Gasteiger partial charge in [0.1, 0.15) is 0 Å². The molecule has 0 heterocycles. The molecule has 1 N–H and O–H groups in total. The van der Waals surface area contributed by atoms with Gasteiger partial charge in [-0.2, -0.15) is 0 Å². The van der Waals surface area contributed by atoms with Crippen LogP contribution in [-0.4, -0.2) is 11.2 Å². The summed E-state index contributed by atoms with van der Waals surface area (Å²) in [6.45, 7) is 8.63. The van der Waals surface area contributed by atoms with Gasteiger partial charge < -0.3 is 5.11 Å². The molecule has 0 aromatic rings. The summed E-state index contributed by atoms with van der Waals surface area (Å²) in [6.07, 6.45) is 8.76. The number of hydrogen-bond acceptors (Lipinski definition) is 1. The van der Waals surface area contributed by atoms with E-state index in [2.05, 4.69) is 26.8 Å². The fraction of sp³-hybridized carbons (Fsp3) is 0.846. The minimum Gasteiger partial charge on any atom is -0.389 e. The van der Waals surface area contributed by atoms with Gasteiger partial charge in [0, 0.05) is 0 Å². The molecule has 0 aliphatic heterocycles. The molecule has 0 spiro atoms. The Morgan fingerprint density at radius 1 is 1.07 bits per heavy atom. The molecule has 0 aliphatic rings. The molecule has 84 valence electrons. The van der Waals surface area contributed by atoms with Crippen molar-refractivity contribution in [3.05, 3.63) is 12.2 Å². The van der Waals surface area contributed by atoms with Gasteiger partial charge in [0.2, 0.25) is 0 Å². The molecule has 0 aliphatic carbocycles. The maximum Gasteiger partial charge on any atom is 0.0692 e. The van der Waals surface area contributed by atoms with Gasteiger partial charge >= 0.3 is 0 Å². The van der Waals surface area contributed by atoms with Crippen molar-refractivity contribution in [1.29, 1.82) is 0 Å². The van der Waals surface area contributed by atoms with Gasteiger partial charge in [-0.25, -0.2) is 0 Å². The van der Waals surface area contributed by atoms with Crippen LogP contribution in [-0.2, 0) is 0 Å². The standard InChI is InChI=1S/C13H26O/c1-11(2)7-5-8-12(3)9-6-10-13(4)14/h6,10-14H,5,7-9H2,1-4H3/b10-6+. The van der Waals surface area contributed by atoms with E-state index >= 15 is 0 Å². The van der Waals surface area contributed by atoms with Gasteiger partial charge in [-0.3, -0.25) is 0 Å². The molecule has 0 saturated carbocycles. The molecule has 0 radical (unpaired) electrons. The lowest BCUT2D eigenvalue weighted by Gasteiger charge is -2.09. The minimum atomic E-state index is -0.294. The van der Waals surface area contributed by atoms with E-state index in [1.165, 1.54) is 19.3 Å². The summed E-state index contributed by atoms with van der Waals surface area (Å²) in [4.78, 5) is 0. The molecule has 2 atom stereocenters. The van der Waals surface area contributed by atoms with E-state index in [-0.39, 0.29) is 6.10 Å². The monoisotopic (exact) mass is 198 g/mol. The van der Waals surface area contributed by atoms with Crippen molar-refractivity contribution in [2.45, 2.75) is 59.5 Å². The van der Waals surface area contributed by atoms with Crippen LogP contribution in [0.4, 0.5) is 0 Å². The van der Waals surface area contributed by atoms with Crippen LogP contribution in [0.25, 0.3) is 0 Å². The molecule has 0 aromatic carbocycles. The van der Waals surface area contributed by atoms with Crippen LogP contribution >= 0.6 is 0 Å². The van der Waals surface area contributed by atoms with Crippen molar-refractivity contribution < 1.29 is 5.11 Å². The van der Waals surface area contributed by atoms with E-state index in [4.69, 9.17) is 5.11 Å². The van der Waals surface area contributed by atoms with Crippen molar-refractivity contribution >= 4 is 0 Å². The van der Waals surface area contributed by atoms with Crippen LogP contribution < -0.4 is 0 Å². The first-order valence-corrected chi connectivity index (χ1v) is 5.87. The highest BCUT2D eigenvalue weighted by molar-refractivity contribution is 4.87. The predicted octanol–water partition coefficient (Wildman–Crippen LogP) is 3.78. The van der Waals surface area contributed by atoms with Gasteiger partial charge in [0.05, 0.1) is 6.10 Å². The summed E-state index contributed by atoms with van der Waals surface area (Å²) < 4.78 is 0. The van der Waals surface area contributed by atoms with E-state index in [0.717, 1.165) is 18.3 Å². The topological polar surface area (TPSA) is 20.2 Å². The Hall–Kier alpha value is -0.300. The summed E-state index contributed by atoms with van der Waals surface area (Å²) in [5.74, 6) is 1.58. The number of aliphatic hydroxyl groups is 1. The first kappa shape index (κ1) is 13.7. The van der Waals surface area contributed by atoms with Gasteiger partial charge in [-0.05, 0) is 25.2 Å². The molecule has 0 bridgehead atoms. The SMILES string of the molecule is CC(O)/C=C/CC(C)CCCC(C)C. The fourth-order valence-corrected chi connectivity index (χ4v) is 1.50. The number of hydrogen-bond donors (Lipinski definition) is 1. The lowest BCUT2D eigenvalue weighted by Crippen LogP contribution is -1.97. The van der Waals surface area contributed by atoms with Crippen LogP contribution in [0.15, 0.2) is 12.2 Å². The number of aliphatic hydroxyl groups excluding tert-OH is 1. The fourth-order valence-electron chi connectivity index (χ4n) is 1.50. The first-order valence-electron chi connectivity index (χ1n) is 5.87. The van der Waals surface area contributed by atoms with Crippen LogP contribution in [0.2, 0.25) is 0 Å². The van der Waals surface area contributed by atoms with Crippen LogP contribution in [0.5, 0.6) is 0 Å². The zero-order valence-electron chi connectivity index (χ0n) is 10.2. The smallest absolute Gasteiger partial charge is 0.0692 e. The summed E-state index contributed by atoms with van der Waals surface area (Å²) in [5, 5.41) is 9.03. The largest absolute Gasteiger partial charge is 0.389 e. The maximum atomic E-state index is 9.03. The molecule has 0 amide bonds. The number of allylic oxidation sites excluding steroid dienone is 1. The van der Waals surface area contributed by atoms with E-state index in [0.29, 0.717) is 0 Å². The molecule has 2 unspecified atom stereocenters. The van der Waals surface area contributed by atoms with Crippen molar-refractivity contribution in [2.24, 2.45) is 11.8 Å².